The van der Waals surface area contributed by atoms with Gasteiger partial charge < -0.3 is 50.5 Å². The molecule has 0 radical (unpaired) electrons. The van der Waals surface area contributed by atoms with Crippen LogP contribution in [0.2, 0.25) is 0 Å². The van der Waals surface area contributed by atoms with Crippen LogP contribution in [0.4, 0.5) is 0 Å². The standard InChI is InChI=1S/2C12H12S4.Ni/c2*1-7-3-5-9(15-7)11(13)12(14)10-6-4-8(2)16-10;/h2*3-6,13-14H,1-2H3;/p-4/b2*12-11-;. The molecule has 0 bridgehead atoms. The summed E-state index contributed by atoms with van der Waals surface area (Å²) in [5, 5.41) is 0. The van der Waals surface area contributed by atoms with Crippen molar-refractivity contribution in [3.8, 4) is 0 Å². The fraction of sp³-hybridized carbons (Fsp3) is 0.167. The van der Waals surface area contributed by atoms with E-state index in [0.29, 0.717) is 0 Å². The van der Waals surface area contributed by atoms with Crippen molar-refractivity contribution >= 4 is 115 Å². The molecule has 33 heavy (non-hydrogen) atoms. The van der Waals surface area contributed by atoms with Crippen molar-refractivity contribution in [1.29, 1.82) is 0 Å². The van der Waals surface area contributed by atoms with Gasteiger partial charge in [0.15, 0.2) is 0 Å². The maximum Gasteiger partial charge on any atom is 0.00675 e. The normalized spacial score (nSPS) is 12.2. The van der Waals surface area contributed by atoms with E-state index in [9.17, 15) is 0 Å². The topological polar surface area (TPSA) is 0 Å². The van der Waals surface area contributed by atoms with Gasteiger partial charge in [0.25, 0.3) is 0 Å². The second kappa shape index (κ2) is 13.1. The van der Waals surface area contributed by atoms with Crippen LogP contribution in [0, 0.1) is 27.7 Å². The molecule has 0 aliphatic carbocycles. The number of hydrogen-bond acceptors (Lipinski definition) is 8. The first-order valence-electron chi connectivity index (χ1n) is 9.59. The number of thiophene rings is 4. The minimum absolute atomic E-state index is 0. The van der Waals surface area contributed by atoms with E-state index in [1.807, 2.05) is 0 Å². The second-order valence-corrected chi connectivity index (χ2v) is 13.7. The summed E-state index contributed by atoms with van der Waals surface area (Å²) in [5.41, 5.74) is 0. The predicted octanol–water partition coefficient (Wildman–Crippen LogP) is 8.69. The van der Waals surface area contributed by atoms with Gasteiger partial charge in [-0.05, 0) is 76.2 Å². The van der Waals surface area contributed by atoms with Gasteiger partial charge in [0.2, 0.25) is 0 Å². The number of hydrogen-bond donors (Lipinski definition) is 0. The monoisotopic (exact) mass is 622 g/mol. The van der Waals surface area contributed by atoms with E-state index in [-0.39, 0.29) is 16.5 Å². The van der Waals surface area contributed by atoms with Crippen LogP contribution in [0.1, 0.15) is 39.0 Å². The maximum absolute atomic E-state index is 5.42. The summed E-state index contributed by atoms with van der Waals surface area (Å²) in [4.78, 5) is 12.7. The van der Waals surface area contributed by atoms with Crippen molar-refractivity contribution in [3.05, 3.63) is 87.5 Å². The van der Waals surface area contributed by atoms with Gasteiger partial charge in [0, 0.05) is 55.5 Å². The smallest absolute Gasteiger partial charge is 0.00675 e. The third kappa shape index (κ3) is 7.82. The van der Waals surface area contributed by atoms with Crippen LogP contribution in [0.5, 0.6) is 0 Å². The molecular formula is C24H20NiS8-4. The van der Waals surface area contributed by atoms with Crippen molar-refractivity contribution in [2.75, 3.05) is 0 Å². The first kappa shape index (κ1) is 28.9. The SMILES string of the molecule is Cc1ccc(/C([S-])=C(/[S-])c2ccc(C)s2)s1.Cc1ccc(/C([S-])=C(/[S-])c2ccc(C)s2)s1.[Ni]. The molecule has 0 amide bonds. The molecule has 4 aromatic heterocycles. The molecule has 0 aliphatic rings. The molecule has 0 aromatic carbocycles. The van der Waals surface area contributed by atoms with Gasteiger partial charge in [-0.15, -0.1) is 45.3 Å². The molecule has 0 saturated heterocycles. The summed E-state index contributed by atoms with van der Waals surface area (Å²) in [6, 6.07) is 16.5. The third-order valence-corrected chi connectivity index (χ3v) is 10.8. The molecule has 0 unspecified atom stereocenters. The largest absolute Gasteiger partial charge is 0.780 e. The van der Waals surface area contributed by atoms with E-state index in [4.69, 9.17) is 50.5 Å². The van der Waals surface area contributed by atoms with Crippen molar-refractivity contribution in [1.82, 2.24) is 0 Å². The van der Waals surface area contributed by atoms with Crippen molar-refractivity contribution < 1.29 is 16.5 Å². The minimum Gasteiger partial charge on any atom is -0.780 e. The van der Waals surface area contributed by atoms with E-state index in [1.165, 1.54) is 19.5 Å². The molecule has 0 atom stereocenters. The molecule has 9 heteroatoms. The Morgan fingerprint density at radius 3 is 0.727 bits per heavy atom. The Labute approximate surface area is 244 Å². The Morgan fingerprint density at radius 2 is 0.606 bits per heavy atom. The zero-order valence-electron chi connectivity index (χ0n) is 18.2. The van der Waals surface area contributed by atoms with E-state index >= 15 is 0 Å². The molecule has 4 aromatic rings. The summed E-state index contributed by atoms with van der Waals surface area (Å²) >= 11 is 28.5. The quantitative estimate of drug-likeness (QED) is 0.165. The fourth-order valence-electron chi connectivity index (χ4n) is 2.67. The van der Waals surface area contributed by atoms with Crippen LogP contribution >= 0.6 is 45.3 Å². The van der Waals surface area contributed by atoms with Crippen molar-refractivity contribution in [3.63, 3.8) is 0 Å². The number of aryl methyl sites for hydroxylation is 4. The minimum atomic E-state index is 0. The molecule has 0 nitrogen and oxygen atoms in total. The van der Waals surface area contributed by atoms with Crippen LogP contribution in [0.25, 0.3) is 19.6 Å². The van der Waals surface area contributed by atoms with Crippen molar-refractivity contribution in [2.24, 2.45) is 0 Å². The van der Waals surface area contributed by atoms with Gasteiger partial charge >= 0.3 is 0 Å². The molecule has 0 fully saturated rings. The summed E-state index contributed by atoms with van der Waals surface area (Å²) in [7, 11) is 0. The summed E-state index contributed by atoms with van der Waals surface area (Å²) < 4.78 is 0. The van der Waals surface area contributed by atoms with E-state index in [1.54, 1.807) is 45.3 Å². The fourth-order valence-corrected chi connectivity index (χ4v) is 7.40. The molecule has 4 heterocycles. The second-order valence-electron chi connectivity index (χ2n) is 6.96. The molecule has 0 saturated carbocycles. The number of rotatable bonds is 4. The van der Waals surface area contributed by atoms with Crippen LogP contribution in [0.3, 0.4) is 0 Å². The molecule has 0 aliphatic heterocycles. The zero-order valence-corrected chi connectivity index (χ0v) is 25.7. The van der Waals surface area contributed by atoms with Crippen LogP contribution in [-0.4, -0.2) is 0 Å². The van der Waals surface area contributed by atoms with Gasteiger partial charge in [0.1, 0.15) is 0 Å². The molecule has 178 valence electrons. The van der Waals surface area contributed by atoms with E-state index < -0.39 is 0 Å². The first-order valence-corrected chi connectivity index (χ1v) is 14.5. The Kier molecular flexibility index (Phi) is 11.5. The van der Waals surface area contributed by atoms with E-state index in [2.05, 4.69) is 76.2 Å². The van der Waals surface area contributed by atoms with Crippen LogP contribution in [0.15, 0.2) is 48.5 Å². The van der Waals surface area contributed by atoms with Crippen molar-refractivity contribution in [2.45, 2.75) is 27.7 Å². The predicted molar refractivity (Wildman–Crippen MR) is 159 cm³/mol. The van der Waals surface area contributed by atoms with Gasteiger partial charge in [-0.2, -0.15) is 19.6 Å². The van der Waals surface area contributed by atoms with Gasteiger partial charge in [0.05, 0.1) is 0 Å². The Balaban J connectivity index is 0.000000227. The van der Waals surface area contributed by atoms with Gasteiger partial charge in [-0.1, -0.05) is 0 Å². The zero-order chi connectivity index (χ0) is 23.4. The summed E-state index contributed by atoms with van der Waals surface area (Å²) in [6.07, 6.45) is 0. The third-order valence-electron chi connectivity index (χ3n) is 4.27. The Morgan fingerprint density at radius 1 is 0.424 bits per heavy atom. The van der Waals surface area contributed by atoms with Crippen LogP contribution in [-0.2, 0) is 67.0 Å². The van der Waals surface area contributed by atoms with Crippen LogP contribution < -0.4 is 0 Å². The average Bonchev–Trinajstić information content (AvgIpc) is 3.55. The average molecular weight is 624 g/mol. The maximum atomic E-state index is 5.42. The molecule has 0 spiro atoms. The molecule has 0 N–H and O–H groups in total. The summed E-state index contributed by atoms with van der Waals surface area (Å²) in [6.45, 7) is 8.31. The van der Waals surface area contributed by atoms with Gasteiger partial charge in [-0.3, -0.25) is 0 Å². The van der Waals surface area contributed by atoms with Gasteiger partial charge in [-0.25, -0.2) is 0 Å². The summed E-state index contributed by atoms with van der Waals surface area (Å²) in [5.74, 6) is 0. The van der Waals surface area contributed by atoms with E-state index in [0.717, 1.165) is 39.1 Å². The Hall–Kier alpha value is -0.346. The molecule has 4 rings (SSSR count). The Bertz CT molecular complexity index is 1070. The first-order chi connectivity index (χ1) is 15.2. The molecular weight excluding hydrogens is 603 g/mol.